The number of likely N-dealkylation sites (tertiary alicyclic amines) is 1. The molecule has 1 aromatic rings. The van der Waals surface area contributed by atoms with Gasteiger partial charge in [0, 0.05) is 31.7 Å². The number of aryl methyl sites for hydroxylation is 1. The predicted molar refractivity (Wildman–Crippen MR) is 109 cm³/mol. The van der Waals surface area contributed by atoms with E-state index < -0.39 is 11.9 Å². The molecule has 30 heavy (non-hydrogen) atoms. The molecule has 4 amide bonds. The van der Waals surface area contributed by atoms with Crippen LogP contribution in [0, 0.1) is 6.92 Å². The van der Waals surface area contributed by atoms with Gasteiger partial charge in [0.05, 0.1) is 12.6 Å². The molecule has 9 nitrogen and oxygen atoms in total. The molecule has 3 rings (SSSR count). The first-order valence-electron chi connectivity index (χ1n) is 10.2. The molecule has 0 aliphatic carbocycles. The first-order valence-corrected chi connectivity index (χ1v) is 10.2. The third kappa shape index (κ3) is 5.15. The highest BCUT2D eigenvalue weighted by Gasteiger charge is 2.31. The van der Waals surface area contributed by atoms with Crippen molar-refractivity contribution in [2.24, 2.45) is 0 Å². The van der Waals surface area contributed by atoms with E-state index in [9.17, 15) is 24.3 Å². The van der Waals surface area contributed by atoms with Gasteiger partial charge in [0.2, 0.25) is 24.1 Å². The number of piperidine rings is 2. The number of aliphatic hydroxyl groups is 1. The number of hydrogen-bond acceptors (Lipinski definition) is 6. The van der Waals surface area contributed by atoms with Crippen molar-refractivity contribution in [2.75, 3.05) is 25.0 Å². The van der Waals surface area contributed by atoms with Gasteiger partial charge in [-0.3, -0.25) is 24.5 Å². The Kier molecular flexibility index (Phi) is 7.04. The number of rotatable bonds is 7. The second-order valence-corrected chi connectivity index (χ2v) is 7.81. The summed E-state index contributed by atoms with van der Waals surface area (Å²) in [5.41, 5.74) is 2.46. The molecule has 0 spiro atoms. The molecule has 2 aliphatic heterocycles. The van der Waals surface area contributed by atoms with Crippen LogP contribution in [0.4, 0.5) is 5.69 Å². The Bertz CT molecular complexity index is 820. The Balaban J connectivity index is 1.68. The fourth-order valence-electron chi connectivity index (χ4n) is 3.88. The van der Waals surface area contributed by atoms with Gasteiger partial charge >= 0.3 is 0 Å². The molecular formula is C21H28N4O5. The van der Waals surface area contributed by atoms with E-state index in [-0.39, 0.29) is 43.8 Å². The highest BCUT2D eigenvalue weighted by atomic mass is 16.3. The van der Waals surface area contributed by atoms with Crippen molar-refractivity contribution in [2.45, 2.75) is 51.3 Å². The van der Waals surface area contributed by atoms with Gasteiger partial charge in [0.25, 0.3) is 0 Å². The number of carbonyl (C=O) groups excluding carboxylic acids is 4. The fourth-order valence-corrected chi connectivity index (χ4v) is 3.88. The average molecular weight is 416 g/mol. The van der Waals surface area contributed by atoms with Crippen LogP contribution >= 0.6 is 0 Å². The lowest BCUT2D eigenvalue weighted by atomic mass is 10.0. The molecule has 0 bridgehead atoms. The summed E-state index contributed by atoms with van der Waals surface area (Å²) in [6, 6.07) is 4.90. The highest BCUT2D eigenvalue weighted by molar-refractivity contribution is 6.00. The topological polar surface area (TPSA) is 119 Å². The number of hydrogen-bond donors (Lipinski definition) is 3. The second-order valence-electron chi connectivity index (χ2n) is 7.81. The molecule has 162 valence electrons. The molecule has 0 aromatic heterocycles. The number of amides is 4. The van der Waals surface area contributed by atoms with Gasteiger partial charge < -0.3 is 20.2 Å². The SMILES string of the molecule is Cc1cccc(NCC(=O)N2CCC(O)CC2)c1CN(C=O)C1CCC(=O)NC1=O. The number of anilines is 1. The van der Waals surface area contributed by atoms with E-state index in [4.69, 9.17) is 0 Å². The summed E-state index contributed by atoms with van der Waals surface area (Å²) in [5.74, 6) is -0.847. The third-order valence-electron chi connectivity index (χ3n) is 5.74. The largest absolute Gasteiger partial charge is 0.393 e. The molecule has 2 heterocycles. The van der Waals surface area contributed by atoms with Gasteiger partial charge in [-0.15, -0.1) is 0 Å². The fraction of sp³-hybridized carbons (Fsp3) is 0.524. The summed E-state index contributed by atoms with van der Waals surface area (Å²) >= 11 is 0. The van der Waals surface area contributed by atoms with Crippen molar-refractivity contribution in [1.29, 1.82) is 0 Å². The summed E-state index contributed by atoms with van der Waals surface area (Å²) in [6.45, 7) is 3.27. The van der Waals surface area contributed by atoms with Crippen molar-refractivity contribution in [1.82, 2.24) is 15.1 Å². The van der Waals surface area contributed by atoms with Gasteiger partial charge in [-0.25, -0.2) is 0 Å². The molecule has 1 aromatic carbocycles. The normalized spacial score (nSPS) is 19.9. The lowest BCUT2D eigenvalue weighted by molar-refractivity contribution is -0.141. The number of nitrogens with zero attached hydrogens (tertiary/aromatic N) is 2. The minimum Gasteiger partial charge on any atom is -0.393 e. The van der Waals surface area contributed by atoms with E-state index >= 15 is 0 Å². The van der Waals surface area contributed by atoms with Gasteiger partial charge in [-0.05, 0) is 43.4 Å². The molecule has 0 saturated carbocycles. The minimum absolute atomic E-state index is 0.0493. The van der Waals surface area contributed by atoms with E-state index in [1.165, 1.54) is 4.90 Å². The Labute approximate surface area is 175 Å². The molecule has 1 unspecified atom stereocenters. The molecule has 1 atom stereocenters. The molecular weight excluding hydrogens is 388 g/mol. The average Bonchev–Trinajstić information content (AvgIpc) is 2.72. The van der Waals surface area contributed by atoms with Crippen LogP contribution in [-0.2, 0) is 25.7 Å². The molecule has 9 heteroatoms. The first-order chi connectivity index (χ1) is 14.4. The zero-order valence-corrected chi connectivity index (χ0v) is 17.1. The van der Waals surface area contributed by atoms with Gasteiger partial charge in [0.1, 0.15) is 6.04 Å². The van der Waals surface area contributed by atoms with Gasteiger partial charge in [-0.1, -0.05) is 12.1 Å². The number of imide groups is 1. The van der Waals surface area contributed by atoms with Crippen LogP contribution in [0.5, 0.6) is 0 Å². The van der Waals surface area contributed by atoms with Gasteiger partial charge in [0.15, 0.2) is 0 Å². The van der Waals surface area contributed by atoms with Crippen molar-refractivity contribution >= 4 is 29.8 Å². The Morgan fingerprint density at radius 2 is 2.03 bits per heavy atom. The predicted octanol–water partition coefficient (Wildman–Crippen LogP) is 0.154. The Morgan fingerprint density at radius 1 is 1.30 bits per heavy atom. The minimum atomic E-state index is -0.700. The summed E-state index contributed by atoms with van der Waals surface area (Å²) in [6.07, 6.45) is 1.94. The molecule has 2 saturated heterocycles. The summed E-state index contributed by atoms with van der Waals surface area (Å²) in [5, 5.41) is 15.0. The Hall–Kier alpha value is -2.94. The van der Waals surface area contributed by atoms with E-state index in [1.54, 1.807) is 4.90 Å². The van der Waals surface area contributed by atoms with Crippen LogP contribution in [0.1, 0.15) is 36.8 Å². The molecule has 2 fully saturated rings. The Morgan fingerprint density at radius 3 is 2.70 bits per heavy atom. The van der Waals surface area contributed by atoms with Crippen LogP contribution in [0.15, 0.2) is 18.2 Å². The number of benzene rings is 1. The molecule has 3 N–H and O–H groups in total. The van der Waals surface area contributed by atoms with Crippen LogP contribution in [0.2, 0.25) is 0 Å². The second kappa shape index (κ2) is 9.71. The van der Waals surface area contributed by atoms with Crippen molar-refractivity contribution in [3.05, 3.63) is 29.3 Å². The third-order valence-corrected chi connectivity index (χ3v) is 5.74. The maximum Gasteiger partial charge on any atom is 0.249 e. The summed E-state index contributed by atoms with van der Waals surface area (Å²) < 4.78 is 0. The summed E-state index contributed by atoms with van der Waals surface area (Å²) in [4.78, 5) is 50.9. The highest BCUT2D eigenvalue weighted by Crippen LogP contribution is 2.24. The number of aliphatic hydroxyl groups excluding tert-OH is 1. The first kappa shape index (κ1) is 21.8. The van der Waals surface area contributed by atoms with Crippen molar-refractivity contribution in [3.63, 3.8) is 0 Å². The molecule has 2 aliphatic rings. The maximum atomic E-state index is 12.5. The smallest absolute Gasteiger partial charge is 0.249 e. The van der Waals surface area contributed by atoms with E-state index in [2.05, 4.69) is 10.6 Å². The van der Waals surface area contributed by atoms with E-state index in [1.807, 2.05) is 25.1 Å². The van der Waals surface area contributed by atoms with E-state index in [0.717, 1.165) is 16.8 Å². The van der Waals surface area contributed by atoms with Crippen molar-refractivity contribution in [3.8, 4) is 0 Å². The van der Waals surface area contributed by atoms with Crippen molar-refractivity contribution < 1.29 is 24.3 Å². The monoisotopic (exact) mass is 416 g/mol. The zero-order valence-electron chi connectivity index (χ0n) is 17.1. The van der Waals surface area contributed by atoms with Crippen LogP contribution in [0.25, 0.3) is 0 Å². The quantitative estimate of drug-likeness (QED) is 0.430. The molecule has 0 radical (unpaired) electrons. The standard InChI is InChI=1S/C21H28N4O5/c1-14-3-2-4-17(22-11-20(29)24-9-7-15(27)8-10-24)16(14)12-25(13-26)18-5-6-19(28)23-21(18)30/h2-4,13,15,18,22,27H,5-12H2,1H3,(H,23,28,30). The lowest BCUT2D eigenvalue weighted by Crippen LogP contribution is -2.51. The van der Waals surface area contributed by atoms with Gasteiger partial charge in [-0.2, -0.15) is 0 Å². The van der Waals surface area contributed by atoms with E-state index in [0.29, 0.717) is 32.3 Å². The van der Waals surface area contributed by atoms with Crippen LogP contribution < -0.4 is 10.6 Å². The van der Waals surface area contributed by atoms with Crippen LogP contribution in [-0.4, -0.2) is 70.8 Å². The maximum absolute atomic E-state index is 12.5. The van der Waals surface area contributed by atoms with Crippen LogP contribution in [0.3, 0.4) is 0 Å². The summed E-state index contributed by atoms with van der Waals surface area (Å²) in [7, 11) is 0. The zero-order chi connectivity index (χ0) is 21.7. The number of nitrogens with one attached hydrogen (secondary N) is 2. The number of carbonyl (C=O) groups is 4. The lowest BCUT2D eigenvalue weighted by Gasteiger charge is -2.31.